The van der Waals surface area contributed by atoms with Crippen molar-refractivity contribution in [3.63, 3.8) is 0 Å². The van der Waals surface area contributed by atoms with Crippen molar-refractivity contribution in [1.29, 1.82) is 0 Å². The summed E-state index contributed by atoms with van der Waals surface area (Å²) in [7, 11) is 1.96. The van der Waals surface area contributed by atoms with E-state index in [4.69, 9.17) is 5.11 Å². The van der Waals surface area contributed by atoms with Crippen LogP contribution in [0.3, 0.4) is 0 Å². The SMILES string of the molecule is CC.CN(CCO)c1ccccc1. The van der Waals surface area contributed by atoms with Crippen molar-refractivity contribution in [1.82, 2.24) is 0 Å². The number of anilines is 1. The molecule has 1 aromatic rings. The summed E-state index contributed by atoms with van der Waals surface area (Å²) in [6, 6.07) is 10.0. The average molecular weight is 181 g/mol. The first-order valence-electron chi connectivity index (χ1n) is 4.71. The van der Waals surface area contributed by atoms with Crippen LogP contribution in [0.2, 0.25) is 0 Å². The maximum Gasteiger partial charge on any atom is 0.0606 e. The van der Waals surface area contributed by atoms with Crippen LogP contribution < -0.4 is 4.90 Å². The third-order valence-corrected chi connectivity index (χ3v) is 1.63. The minimum absolute atomic E-state index is 0.200. The van der Waals surface area contributed by atoms with Gasteiger partial charge in [-0.25, -0.2) is 0 Å². The van der Waals surface area contributed by atoms with Gasteiger partial charge in [0.15, 0.2) is 0 Å². The van der Waals surface area contributed by atoms with Gasteiger partial charge in [0.2, 0.25) is 0 Å². The Kier molecular flexibility index (Phi) is 7.02. The molecular formula is C11H19NO. The van der Waals surface area contributed by atoms with Gasteiger partial charge in [-0.3, -0.25) is 0 Å². The van der Waals surface area contributed by atoms with Crippen molar-refractivity contribution >= 4 is 5.69 Å². The highest BCUT2D eigenvalue weighted by Crippen LogP contribution is 2.09. The van der Waals surface area contributed by atoms with E-state index in [-0.39, 0.29) is 6.61 Å². The quantitative estimate of drug-likeness (QED) is 0.772. The fourth-order valence-electron chi connectivity index (χ4n) is 0.962. The van der Waals surface area contributed by atoms with Gasteiger partial charge in [-0.1, -0.05) is 32.0 Å². The molecule has 2 nitrogen and oxygen atoms in total. The number of benzene rings is 1. The smallest absolute Gasteiger partial charge is 0.0606 e. The van der Waals surface area contributed by atoms with Crippen molar-refractivity contribution in [3.8, 4) is 0 Å². The molecule has 1 aromatic carbocycles. The van der Waals surface area contributed by atoms with E-state index in [2.05, 4.69) is 0 Å². The summed E-state index contributed by atoms with van der Waals surface area (Å²) in [6.45, 7) is 4.88. The zero-order valence-corrected chi connectivity index (χ0v) is 8.70. The molecule has 0 heterocycles. The molecule has 0 saturated heterocycles. The van der Waals surface area contributed by atoms with Crippen molar-refractivity contribution < 1.29 is 5.11 Å². The lowest BCUT2D eigenvalue weighted by Gasteiger charge is -2.17. The molecule has 1 rings (SSSR count). The van der Waals surface area contributed by atoms with E-state index in [1.54, 1.807) is 0 Å². The zero-order chi connectivity index (χ0) is 10.1. The van der Waals surface area contributed by atoms with Gasteiger partial charge < -0.3 is 10.0 Å². The molecule has 0 saturated carbocycles. The molecule has 0 atom stereocenters. The number of aliphatic hydroxyl groups excluding tert-OH is 1. The van der Waals surface area contributed by atoms with E-state index >= 15 is 0 Å². The molecule has 1 N–H and O–H groups in total. The van der Waals surface area contributed by atoms with Gasteiger partial charge in [0.1, 0.15) is 0 Å². The lowest BCUT2D eigenvalue weighted by Crippen LogP contribution is -2.20. The molecule has 13 heavy (non-hydrogen) atoms. The number of aliphatic hydroxyl groups is 1. The van der Waals surface area contributed by atoms with E-state index in [9.17, 15) is 0 Å². The van der Waals surface area contributed by atoms with E-state index in [1.807, 2.05) is 56.1 Å². The number of hydrogen-bond donors (Lipinski definition) is 1. The van der Waals surface area contributed by atoms with E-state index in [0.29, 0.717) is 6.54 Å². The highest BCUT2D eigenvalue weighted by molar-refractivity contribution is 5.44. The Morgan fingerprint density at radius 2 is 1.69 bits per heavy atom. The summed E-state index contributed by atoms with van der Waals surface area (Å²) in [5, 5.41) is 8.66. The van der Waals surface area contributed by atoms with Gasteiger partial charge in [-0.05, 0) is 12.1 Å². The third kappa shape index (κ3) is 4.53. The van der Waals surface area contributed by atoms with Gasteiger partial charge in [0.25, 0.3) is 0 Å². The monoisotopic (exact) mass is 181 g/mol. The molecule has 0 aliphatic carbocycles. The van der Waals surface area contributed by atoms with Crippen LogP contribution in [0.15, 0.2) is 30.3 Å². The van der Waals surface area contributed by atoms with Gasteiger partial charge >= 0.3 is 0 Å². The number of para-hydroxylation sites is 1. The molecular weight excluding hydrogens is 162 g/mol. The average Bonchev–Trinajstić information content (AvgIpc) is 2.23. The second-order valence-corrected chi connectivity index (χ2v) is 2.48. The van der Waals surface area contributed by atoms with Crippen molar-refractivity contribution in [2.24, 2.45) is 0 Å². The predicted octanol–water partition coefficient (Wildman–Crippen LogP) is 2.14. The highest BCUT2D eigenvalue weighted by atomic mass is 16.3. The number of hydrogen-bond acceptors (Lipinski definition) is 2. The Bertz CT molecular complexity index is 199. The normalized spacial score (nSPS) is 8.62. The van der Waals surface area contributed by atoms with Crippen LogP contribution in [-0.2, 0) is 0 Å². The fourth-order valence-corrected chi connectivity index (χ4v) is 0.962. The van der Waals surface area contributed by atoms with E-state index in [1.165, 1.54) is 0 Å². The highest BCUT2D eigenvalue weighted by Gasteiger charge is 1.95. The van der Waals surface area contributed by atoms with Crippen LogP contribution in [0.5, 0.6) is 0 Å². The first-order chi connectivity index (χ1) is 6.34. The van der Waals surface area contributed by atoms with Crippen molar-refractivity contribution in [3.05, 3.63) is 30.3 Å². The van der Waals surface area contributed by atoms with Crippen LogP contribution in [-0.4, -0.2) is 25.3 Å². The Labute approximate surface area is 80.8 Å². The van der Waals surface area contributed by atoms with Crippen LogP contribution >= 0.6 is 0 Å². The summed E-state index contributed by atoms with van der Waals surface area (Å²) in [6.07, 6.45) is 0. The van der Waals surface area contributed by atoms with Crippen LogP contribution in [0.25, 0.3) is 0 Å². The first-order valence-corrected chi connectivity index (χ1v) is 4.71. The van der Waals surface area contributed by atoms with Gasteiger partial charge in [0.05, 0.1) is 6.61 Å². The van der Waals surface area contributed by atoms with Crippen molar-refractivity contribution in [2.75, 3.05) is 25.1 Å². The maximum atomic E-state index is 8.66. The molecule has 0 aliphatic heterocycles. The lowest BCUT2D eigenvalue weighted by molar-refractivity contribution is 0.304. The van der Waals surface area contributed by atoms with Crippen molar-refractivity contribution in [2.45, 2.75) is 13.8 Å². The minimum Gasteiger partial charge on any atom is -0.395 e. The lowest BCUT2D eigenvalue weighted by atomic mass is 10.3. The van der Waals surface area contributed by atoms with Gasteiger partial charge in [-0.2, -0.15) is 0 Å². The Balaban J connectivity index is 0.000000671. The number of rotatable bonds is 3. The van der Waals surface area contributed by atoms with E-state index in [0.717, 1.165) is 5.69 Å². The van der Waals surface area contributed by atoms with Crippen LogP contribution in [0, 0.1) is 0 Å². The van der Waals surface area contributed by atoms with Crippen LogP contribution in [0.1, 0.15) is 13.8 Å². The van der Waals surface area contributed by atoms with Gasteiger partial charge in [-0.15, -0.1) is 0 Å². The molecule has 0 spiro atoms. The largest absolute Gasteiger partial charge is 0.395 e. The summed E-state index contributed by atoms with van der Waals surface area (Å²) in [5.74, 6) is 0. The standard InChI is InChI=1S/C9H13NO.C2H6/c1-10(7-8-11)9-5-3-2-4-6-9;1-2/h2-6,11H,7-8H2,1H3;1-2H3. The molecule has 0 bridgehead atoms. The molecule has 0 radical (unpaired) electrons. The topological polar surface area (TPSA) is 23.5 Å². The summed E-state index contributed by atoms with van der Waals surface area (Å²) in [4.78, 5) is 2.01. The molecule has 0 aromatic heterocycles. The maximum absolute atomic E-state index is 8.66. The first kappa shape index (κ1) is 12.0. The molecule has 2 heteroatoms. The Morgan fingerprint density at radius 1 is 1.15 bits per heavy atom. The van der Waals surface area contributed by atoms with Crippen LogP contribution in [0.4, 0.5) is 5.69 Å². The Morgan fingerprint density at radius 3 is 2.15 bits per heavy atom. The second kappa shape index (κ2) is 7.62. The molecule has 0 aliphatic rings. The molecule has 0 fully saturated rings. The Hall–Kier alpha value is -1.02. The van der Waals surface area contributed by atoms with E-state index < -0.39 is 0 Å². The zero-order valence-electron chi connectivity index (χ0n) is 8.70. The fraction of sp³-hybridized carbons (Fsp3) is 0.455. The number of nitrogens with zero attached hydrogens (tertiary/aromatic N) is 1. The molecule has 0 amide bonds. The van der Waals surface area contributed by atoms with Gasteiger partial charge in [0, 0.05) is 19.3 Å². The summed E-state index contributed by atoms with van der Waals surface area (Å²) < 4.78 is 0. The molecule has 74 valence electrons. The predicted molar refractivity (Wildman–Crippen MR) is 58.1 cm³/mol. The summed E-state index contributed by atoms with van der Waals surface area (Å²) in [5.41, 5.74) is 1.14. The number of likely N-dealkylation sites (N-methyl/N-ethyl adjacent to an activating group) is 1. The second-order valence-electron chi connectivity index (χ2n) is 2.48. The minimum atomic E-state index is 0.200. The summed E-state index contributed by atoms with van der Waals surface area (Å²) >= 11 is 0. The third-order valence-electron chi connectivity index (χ3n) is 1.63. The molecule has 0 unspecified atom stereocenters.